The van der Waals surface area contributed by atoms with Crippen molar-refractivity contribution in [3.05, 3.63) is 11.1 Å². The molecule has 0 aliphatic heterocycles. The van der Waals surface area contributed by atoms with E-state index >= 15 is 0 Å². The minimum absolute atomic E-state index is 0.402. The van der Waals surface area contributed by atoms with Crippen molar-refractivity contribution in [3.63, 3.8) is 0 Å². The maximum atomic E-state index is 4.62. The van der Waals surface area contributed by atoms with Gasteiger partial charge in [-0.3, -0.25) is 0 Å². The Labute approximate surface area is 122 Å². The van der Waals surface area contributed by atoms with Crippen molar-refractivity contribution in [2.45, 2.75) is 60.0 Å². The highest BCUT2D eigenvalue weighted by Crippen LogP contribution is 2.28. The van der Waals surface area contributed by atoms with Crippen LogP contribution in [0.1, 0.15) is 58.9 Å². The lowest BCUT2D eigenvalue weighted by molar-refractivity contribution is 0.570. The van der Waals surface area contributed by atoms with Gasteiger partial charge in [-0.2, -0.15) is 0 Å². The maximum Gasteiger partial charge on any atom is 0.185 e. The average molecular weight is 283 g/mol. The molecule has 0 fully saturated rings. The number of rotatable bonds is 8. The summed E-state index contributed by atoms with van der Waals surface area (Å²) < 4.78 is 0. The first kappa shape index (κ1) is 16.4. The predicted molar refractivity (Wildman–Crippen MR) is 86.1 cm³/mol. The molecule has 1 atom stereocenters. The average Bonchev–Trinajstić information content (AvgIpc) is 2.81. The van der Waals surface area contributed by atoms with Crippen LogP contribution in [0, 0.1) is 5.92 Å². The van der Waals surface area contributed by atoms with Gasteiger partial charge in [0.1, 0.15) is 0 Å². The van der Waals surface area contributed by atoms with Gasteiger partial charge in [-0.05, 0) is 39.7 Å². The Bertz CT molecular complexity index is 360. The molecule has 0 aromatic carbocycles. The van der Waals surface area contributed by atoms with Crippen molar-refractivity contribution in [1.82, 2.24) is 10.3 Å². The van der Waals surface area contributed by atoms with E-state index in [4.69, 9.17) is 0 Å². The molecule has 1 unspecified atom stereocenters. The molecule has 110 valence electrons. The zero-order valence-electron chi connectivity index (χ0n) is 13.2. The van der Waals surface area contributed by atoms with Crippen LogP contribution in [0.5, 0.6) is 0 Å². The molecular formula is C15H29N3S. The highest BCUT2D eigenvalue weighted by Gasteiger charge is 2.17. The molecule has 1 aromatic heterocycles. The molecule has 0 bridgehead atoms. The summed E-state index contributed by atoms with van der Waals surface area (Å²) in [6, 6.07) is 0.902. The van der Waals surface area contributed by atoms with Crippen molar-refractivity contribution in [3.8, 4) is 0 Å². The fraction of sp³-hybridized carbons (Fsp3) is 0.800. The number of hydrogen-bond donors (Lipinski definition) is 1. The molecule has 0 amide bonds. The molecule has 19 heavy (non-hydrogen) atoms. The fourth-order valence-electron chi connectivity index (χ4n) is 1.97. The summed E-state index contributed by atoms with van der Waals surface area (Å²) in [4.78, 5) is 8.36. The van der Waals surface area contributed by atoms with Crippen molar-refractivity contribution in [1.29, 1.82) is 0 Å². The van der Waals surface area contributed by atoms with Gasteiger partial charge in [0.2, 0.25) is 0 Å². The molecule has 1 N–H and O–H groups in total. The van der Waals surface area contributed by atoms with E-state index in [-0.39, 0.29) is 0 Å². The lowest BCUT2D eigenvalue weighted by Gasteiger charge is -2.27. The van der Waals surface area contributed by atoms with Gasteiger partial charge in [-0.25, -0.2) is 4.98 Å². The van der Waals surface area contributed by atoms with E-state index in [0.29, 0.717) is 18.0 Å². The normalized spacial score (nSPS) is 13.3. The molecule has 0 radical (unpaired) electrons. The van der Waals surface area contributed by atoms with E-state index in [9.17, 15) is 0 Å². The van der Waals surface area contributed by atoms with Gasteiger partial charge in [-0.1, -0.05) is 20.8 Å². The molecule has 1 rings (SSSR count). The zero-order valence-corrected chi connectivity index (χ0v) is 14.0. The minimum Gasteiger partial charge on any atom is -0.345 e. The summed E-state index contributed by atoms with van der Waals surface area (Å²) >= 11 is 1.82. The Morgan fingerprint density at radius 1 is 1.26 bits per heavy atom. The number of nitrogens with one attached hydrogen (secondary N) is 1. The summed E-state index contributed by atoms with van der Waals surface area (Å²) in [5.74, 6) is 0.658. The number of anilines is 1. The van der Waals surface area contributed by atoms with Gasteiger partial charge in [0.15, 0.2) is 5.13 Å². The zero-order chi connectivity index (χ0) is 14.4. The summed E-state index contributed by atoms with van der Waals surface area (Å²) in [6.45, 7) is 15.5. The lowest BCUT2D eigenvalue weighted by atomic mass is 10.2. The Morgan fingerprint density at radius 2 is 1.95 bits per heavy atom. The van der Waals surface area contributed by atoms with E-state index in [0.717, 1.165) is 18.2 Å². The summed E-state index contributed by atoms with van der Waals surface area (Å²) in [5.41, 5.74) is 0. The summed E-state index contributed by atoms with van der Waals surface area (Å²) in [7, 11) is 0. The predicted octanol–water partition coefficient (Wildman–Crippen LogP) is 4.07. The number of nitrogens with zero attached hydrogens (tertiary/aromatic N) is 2. The molecule has 0 spiro atoms. The number of hydrogen-bond acceptors (Lipinski definition) is 4. The van der Waals surface area contributed by atoms with E-state index in [1.165, 1.54) is 11.3 Å². The van der Waals surface area contributed by atoms with Crippen molar-refractivity contribution >= 4 is 16.5 Å². The number of thiazole rings is 1. The second kappa shape index (κ2) is 7.85. The minimum atomic E-state index is 0.402. The third kappa shape index (κ3) is 5.11. The van der Waals surface area contributed by atoms with Gasteiger partial charge < -0.3 is 10.2 Å². The van der Waals surface area contributed by atoms with Crippen molar-refractivity contribution in [2.75, 3.05) is 18.0 Å². The molecule has 0 aliphatic carbocycles. The summed E-state index contributed by atoms with van der Waals surface area (Å²) in [6.07, 6.45) is 3.20. The van der Waals surface area contributed by atoms with Crippen LogP contribution in [-0.4, -0.2) is 24.1 Å². The smallest absolute Gasteiger partial charge is 0.185 e. The molecule has 4 heteroatoms. The van der Waals surface area contributed by atoms with Crippen molar-refractivity contribution in [2.24, 2.45) is 5.92 Å². The highest BCUT2D eigenvalue weighted by atomic mass is 32.1. The molecule has 0 saturated heterocycles. The molecule has 1 aromatic rings. The lowest BCUT2D eigenvalue weighted by Crippen LogP contribution is -2.33. The van der Waals surface area contributed by atoms with Crippen LogP contribution in [-0.2, 0) is 0 Å². The van der Waals surface area contributed by atoms with Gasteiger partial charge in [-0.15, -0.1) is 11.3 Å². The van der Waals surface area contributed by atoms with E-state index < -0.39 is 0 Å². The number of aromatic nitrogens is 1. The topological polar surface area (TPSA) is 28.2 Å². The Balaban J connectivity index is 2.75. The highest BCUT2D eigenvalue weighted by molar-refractivity contribution is 7.15. The first-order valence-corrected chi connectivity index (χ1v) is 8.23. The van der Waals surface area contributed by atoms with Gasteiger partial charge in [0.25, 0.3) is 0 Å². The SMILES string of the molecule is CCCNC(C)c1cnc(N(CC(C)C)C(C)C)s1. The second-order valence-electron chi connectivity index (χ2n) is 5.86. The van der Waals surface area contributed by atoms with Crippen LogP contribution >= 0.6 is 11.3 Å². The third-order valence-corrected chi connectivity index (χ3v) is 4.29. The van der Waals surface area contributed by atoms with Crippen LogP contribution in [0.15, 0.2) is 6.20 Å². The first-order chi connectivity index (χ1) is 8.95. The second-order valence-corrected chi connectivity index (χ2v) is 6.90. The van der Waals surface area contributed by atoms with Crippen LogP contribution in [0.3, 0.4) is 0 Å². The van der Waals surface area contributed by atoms with E-state index in [1.807, 2.05) is 17.5 Å². The molecule has 0 aliphatic rings. The Morgan fingerprint density at radius 3 is 2.47 bits per heavy atom. The first-order valence-electron chi connectivity index (χ1n) is 7.41. The Hall–Kier alpha value is -0.610. The monoisotopic (exact) mass is 283 g/mol. The van der Waals surface area contributed by atoms with Gasteiger partial charge in [0, 0.05) is 29.7 Å². The standard InChI is InChI=1S/C15H29N3S/c1-7-8-16-13(6)14-9-17-15(19-14)18(12(4)5)10-11(2)3/h9,11-13,16H,7-8,10H2,1-6H3. The molecule has 1 heterocycles. The van der Waals surface area contributed by atoms with Crippen LogP contribution in [0.4, 0.5) is 5.13 Å². The Kier molecular flexibility index (Phi) is 6.80. The molecule has 0 saturated carbocycles. The van der Waals surface area contributed by atoms with Crippen LogP contribution in [0.2, 0.25) is 0 Å². The van der Waals surface area contributed by atoms with E-state index in [2.05, 4.69) is 56.7 Å². The van der Waals surface area contributed by atoms with Crippen LogP contribution < -0.4 is 10.2 Å². The molecular weight excluding hydrogens is 254 g/mol. The molecule has 3 nitrogen and oxygen atoms in total. The van der Waals surface area contributed by atoms with Crippen LogP contribution in [0.25, 0.3) is 0 Å². The van der Waals surface area contributed by atoms with Gasteiger partial charge in [0.05, 0.1) is 0 Å². The van der Waals surface area contributed by atoms with E-state index in [1.54, 1.807) is 0 Å². The summed E-state index contributed by atoms with van der Waals surface area (Å²) in [5, 5.41) is 4.68. The quantitative estimate of drug-likeness (QED) is 0.779. The van der Waals surface area contributed by atoms with Crippen molar-refractivity contribution < 1.29 is 0 Å². The fourth-order valence-corrected chi connectivity index (χ4v) is 3.06. The third-order valence-electron chi connectivity index (χ3n) is 3.07. The largest absolute Gasteiger partial charge is 0.345 e. The van der Waals surface area contributed by atoms with Gasteiger partial charge >= 0.3 is 0 Å². The maximum absolute atomic E-state index is 4.62.